The van der Waals surface area contributed by atoms with Gasteiger partial charge < -0.3 is 25.0 Å². The molecule has 1 aromatic carbocycles. The lowest BCUT2D eigenvalue weighted by Crippen LogP contribution is -2.38. The highest BCUT2D eigenvalue weighted by Crippen LogP contribution is 2.27. The number of hydrogen-bond donors (Lipinski definition) is 2. The minimum Gasteiger partial charge on any atom is -0.493 e. The zero-order valence-electron chi connectivity index (χ0n) is 18.1. The Morgan fingerprint density at radius 2 is 2.04 bits per heavy atom. The van der Waals surface area contributed by atoms with E-state index in [4.69, 9.17) is 14.5 Å². The van der Waals surface area contributed by atoms with Crippen molar-refractivity contribution in [2.75, 3.05) is 53.5 Å². The zero-order chi connectivity index (χ0) is 20.2. The van der Waals surface area contributed by atoms with E-state index >= 15 is 0 Å². The molecule has 158 valence electrons. The standard InChI is InChI=1S/C22H38N4O2/c1-5-23-22(24-12-7-15-26-14-6-8-18(2)17-26)25-13-11-19-9-10-20(27-3)21(16-19)28-4/h9-10,16,18H,5-8,11-15,17H2,1-4H3,(H2,23,24,25). The first-order valence-corrected chi connectivity index (χ1v) is 10.6. The minimum atomic E-state index is 0.761. The molecular weight excluding hydrogens is 352 g/mol. The maximum Gasteiger partial charge on any atom is 0.191 e. The number of aliphatic imine (C=N–C) groups is 1. The summed E-state index contributed by atoms with van der Waals surface area (Å²) >= 11 is 0. The van der Waals surface area contributed by atoms with E-state index < -0.39 is 0 Å². The fourth-order valence-electron chi connectivity index (χ4n) is 3.68. The molecule has 0 aliphatic carbocycles. The van der Waals surface area contributed by atoms with Gasteiger partial charge in [0, 0.05) is 26.2 Å². The van der Waals surface area contributed by atoms with Gasteiger partial charge in [0.05, 0.1) is 14.2 Å². The van der Waals surface area contributed by atoms with E-state index in [0.29, 0.717) is 0 Å². The van der Waals surface area contributed by atoms with Crippen LogP contribution < -0.4 is 20.1 Å². The summed E-state index contributed by atoms with van der Waals surface area (Å²) in [5.41, 5.74) is 1.21. The number of benzene rings is 1. The highest BCUT2D eigenvalue weighted by atomic mass is 16.5. The molecule has 0 bridgehead atoms. The SMILES string of the molecule is CCNC(=NCCCN1CCCC(C)C1)NCCc1ccc(OC)c(OC)c1. The molecule has 1 fully saturated rings. The Labute approximate surface area is 170 Å². The molecule has 0 saturated carbocycles. The highest BCUT2D eigenvalue weighted by Gasteiger charge is 2.15. The first-order chi connectivity index (χ1) is 13.7. The number of methoxy groups -OCH3 is 2. The van der Waals surface area contributed by atoms with Crippen LogP contribution in [0.4, 0.5) is 0 Å². The number of likely N-dealkylation sites (tertiary alicyclic amines) is 1. The normalized spacial score (nSPS) is 18.0. The minimum absolute atomic E-state index is 0.761. The quantitative estimate of drug-likeness (QED) is 0.365. The van der Waals surface area contributed by atoms with Gasteiger partial charge in [0.15, 0.2) is 17.5 Å². The number of hydrogen-bond acceptors (Lipinski definition) is 4. The van der Waals surface area contributed by atoms with Gasteiger partial charge in [0.1, 0.15) is 0 Å². The molecule has 6 heteroatoms. The molecule has 1 saturated heterocycles. The molecule has 0 radical (unpaired) electrons. The summed E-state index contributed by atoms with van der Waals surface area (Å²) in [5, 5.41) is 6.77. The lowest BCUT2D eigenvalue weighted by Gasteiger charge is -2.30. The second-order valence-electron chi connectivity index (χ2n) is 7.53. The summed E-state index contributed by atoms with van der Waals surface area (Å²) < 4.78 is 10.7. The first-order valence-electron chi connectivity index (χ1n) is 10.6. The predicted molar refractivity (Wildman–Crippen MR) is 117 cm³/mol. The molecule has 2 rings (SSSR count). The van der Waals surface area contributed by atoms with E-state index in [-0.39, 0.29) is 0 Å². The number of rotatable bonds is 10. The largest absolute Gasteiger partial charge is 0.493 e. The van der Waals surface area contributed by atoms with Crippen molar-refractivity contribution in [1.82, 2.24) is 15.5 Å². The van der Waals surface area contributed by atoms with Gasteiger partial charge in [-0.3, -0.25) is 4.99 Å². The predicted octanol–water partition coefficient (Wildman–Crippen LogP) is 2.92. The topological polar surface area (TPSA) is 58.1 Å². The van der Waals surface area contributed by atoms with E-state index in [2.05, 4.69) is 35.4 Å². The molecule has 1 atom stereocenters. The number of ether oxygens (including phenoxy) is 2. The molecule has 0 aromatic heterocycles. The van der Waals surface area contributed by atoms with Crippen molar-refractivity contribution in [2.24, 2.45) is 10.9 Å². The van der Waals surface area contributed by atoms with Crippen LogP contribution >= 0.6 is 0 Å². The highest BCUT2D eigenvalue weighted by molar-refractivity contribution is 5.79. The molecule has 6 nitrogen and oxygen atoms in total. The van der Waals surface area contributed by atoms with Crippen molar-refractivity contribution >= 4 is 5.96 Å². The summed E-state index contributed by atoms with van der Waals surface area (Å²) in [5.74, 6) is 3.27. The number of nitrogens with zero attached hydrogens (tertiary/aromatic N) is 2. The summed E-state index contributed by atoms with van der Waals surface area (Å²) in [6.07, 6.45) is 4.73. The Balaban J connectivity index is 1.74. The molecule has 1 aliphatic heterocycles. The maximum atomic E-state index is 5.38. The fourth-order valence-corrected chi connectivity index (χ4v) is 3.68. The molecule has 28 heavy (non-hydrogen) atoms. The van der Waals surface area contributed by atoms with Crippen LogP contribution in [0.1, 0.15) is 38.7 Å². The molecule has 1 aromatic rings. The molecule has 1 aliphatic rings. The van der Waals surface area contributed by atoms with Crippen LogP contribution in [0.15, 0.2) is 23.2 Å². The van der Waals surface area contributed by atoms with Gasteiger partial charge in [-0.25, -0.2) is 0 Å². The van der Waals surface area contributed by atoms with Crippen molar-refractivity contribution < 1.29 is 9.47 Å². The average Bonchev–Trinajstić information content (AvgIpc) is 2.71. The van der Waals surface area contributed by atoms with Gasteiger partial charge in [-0.05, 0) is 69.3 Å². The molecule has 0 amide bonds. The van der Waals surface area contributed by atoms with Crippen molar-refractivity contribution in [3.05, 3.63) is 23.8 Å². The van der Waals surface area contributed by atoms with Gasteiger partial charge in [-0.15, -0.1) is 0 Å². The summed E-state index contributed by atoms with van der Waals surface area (Å²) in [7, 11) is 3.32. The number of piperidine rings is 1. The fraction of sp³-hybridized carbons (Fsp3) is 0.682. The number of nitrogens with one attached hydrogen (secondary N) is 2. The monoisotopic (exact) mass is 390 g/mol. The maximum absolute atomic E-state index is 5.38. The number of guanidine groups is 1. The van der Waals surface area contributed by atoms with Crippen LogP contribution in [0.25, 0.3) is 0 Å². The van der Waals surface area contributed by atoms with Crippen LogP contribution in [0, 0.1) is 5.92 Å². The van der Waals surface area contributed by atoms with Crippen LogP contribution in [0.3, 0.4) is 0 Å². The second-order valence-corrected chi connectivity index (χ2v) is 7.53. The van der Waals surface area contributed by atoms with E-state index in [0.717, 1.165) is 62.4 Å². The van der Waals surface area contributed by atoms with Crippen LogP contribution in [-0.2, 0) is 6.42 Å². The molecule has 1 unspecified atom stereocenters. The third kappa shape index (κ3) is 7.58. The van der Waals surface area contributed by atoms with Gasteiger partial charge in [0.25, 0.3) is 0 Å². The van der Waals surface area contributed by atoms with E-state index in [1.807, 2.05) is 12.1 Å². The van der Waals surface area contributed by atoms with Gasteiger partial charge in [-0.2, -0.15) is 0 Å². The summed E-state index contributed by atoms with van der Waals surface area (Å²) in [6.45, 7) is 10.6. The second kappa shape index (κ2) is 12.5. The average molecular weight is 391 g/mol. The van der Waals surface area contributed by atoms with Crippen molar-refractivity contribution in [3.8, 4) is 11.5 Å². The van der Waals surface area contributed by atoms with Gasteiger partial charge >= 0.3 is 0 Å². The van der Waals surface area contributed by atoms with Crippen LogP contribution in [0.2, 0.25) is 0 Å². The Hall–Kier alpha value is -1.95. The van der Waals surface area contributed by atoms with Crippen LogP contribution in [-0.4, -0.2) is 64.3 Å². The Morgan fingerprint density at radius 3 is 2.75 bits per heavy atom. The molecule has 2 N–H and O–H groups in total. The molecule has 1 heterocycles. The lowest BCUT2D eigenvalue weighted by molar-refractivity contribution is 0.183. The van der Waals surface area contributed by atoms with Crippen molar-refractivity contribution in [3.63, 3.8) is 0 Å². The third-order valence-electron chi connectivity index (χ3n) is 5.14. The van der Waals surface area contributed by atoms with Crippen LogP contribution in [0.5, 0.6) is 11.5 Å². The summed E-state index contributed by atoms with van der Waals surface area (Å²) in [6, 6.07) is 6.06. The van der Waals surface area contributed by atoms with Gasteiger partial charge in [-0.1, -0.05) is 13.0 Å². The van der Waals surface area contributed by atoms with E-state index in [1.54, 1.807) is 14.2 Å². The lowest BCUT2D eigenvalue weighted by atomic mass is 10.0. The first kappa shape index (κ1) is 22.3. The van der Waals surface area contributed by atoms with Crippen molar-refractivity contribution in [2.45, 2.75) is 39.5 Å². The molecular formula is C22H38N4O2. The van der Waals surface area contributed by atoms with E-state index in [9.17, 15) is 0 Å². The summed E-state index contributed by atoms with van der Waals surface area (Å²) in [4.78, 5) is 7.32. The molecule has 0 spiro atoms. The van der Waals surface area contributed by atoms with Crippen molar-refractivity contribution in [1.29, 1.82) is 0 Å². The zero-order valence-corrected chi connectivity index (χ0v) is 18.1. The van der Waals surface area contributed by atoms with E-state index in [1.165, 1.54) is 31.5 Å². The third-order valence-corrected chi connectivity index (χ3v) is 5.14. The Kier molecular flexibility index (Phi) is 9.97. The van der Waals surface area contributed by atoms with Gasteiger partial charge in [0.2, 0.25) is 0 Å². The Bertz CT molecular complexity index is 606. The Morgan fingerprint density at radius 1 is 1.21 bits per heavy atom. The smallest absolute Gasteiger partial charge is 0.191 e.